The fourth-order valence-electron chi connectivity index (χ4n) is 0.649. The minimum absolute atomic E-state index is 0. The van der Waals surface area contributed by atoms with Crippen LogP contribution in [0.4, 0.5) is 0 Å². The zero-order chi connectivity index (χ0) is 7.56. The molecule has 1 rings (SSSR count). The van der Waals surface area contributed by atoms with Gasteiger partial charge in [-0.15, -0.1) is 0 Å². The van der Waals surface area contributed by atoms with Crippen molar-refractivity contribution in [2.24, 2.45) is 0 Å². The van der Waals surface area contributed by atoms with Gasteiger partial charge in [0.25, 0.3) is 0 Å². The van der Waals surface area contributed by atoms with Crippen molar-refractivity contribution in [3.63, 3.8) is 0 Å². The van der Waals surface area contributed by atoms with E-state index in [1.165, 1.54) is 0 Å². The first kappa shape index (κ1) is 11.3. The molecule has 0 aliphatic heterocycles. The standard InChI is InChI=1S/C7H8O2S.Na.H/c1-6-2-4-7(5-3-6)10(8)9;;/h2-5H,1H3,(H,8,9);;/q;+1;-1/p-1. The molecule has 1 aromatic carbocycles. The van der Waals surface area contributed by atoms with Gasteiger partial charge in [0.05, 0.1) is 0 Å². The van der Waals surface area contributed by atoms with Crippen LogP contribution < -0.4 is 29.6 Å². The second-order valence-electron chi connectivity index (χ2n) is 2.05. The SMILES string of the molecule is Cc1ccc(S(=O)[O-])cc1.[H-].[Na+]. The van der Waals surface area contributed by atoms with E-state index in [1.807, 2.05) is 6.92 Å². The number of rotatable bonds is 1. The molecule has 0 bridgehead atoms. The van der Waals surface area contributed by atoms with Crippen LogP contribution in [-0.4, -0.2) is 8.76 Å². The Bertz CT molecular complexity index is 250. The molecule has 1 unspecified atom stereocenters. The summed E-state index contributed by atoms with van der Waals surface area (Å²) in [6.07, 6.45) is 0. The molecule has 1 atom stereocenters. The van der Waals surface area contributed by atoms with E-state index in [-0.39, 0.29) is 31.0 Å². The van der Waals surface area contributed by atoms with E-state index in [0.717, 1.165) is 5.56 Å². The van der Waals surface area contributed by atoms with Crippen LogP contribution in [0.1, 0.15) is 6.99 Å². The Labute approximate surface area is 92.1 Å². The summed E-state index contributed by atoms with van der Waals surface area (Å²) in [5.41, 5.74) is 1.06. The van der Waals surface area contributed by atoms with Crippen LogP contribution >= 0.6 is 0 Å². The van der Waals surface area contributed by atoms with Crippen molar-refractivity contribution in [2.45, 2.75) is 11.8 Å². The molecular weight excluding hydrogens is 171 g/mol. The van der Waals surface area contributed by atoms with Crippen molar-refractivity contribution in [1.29, 1.82) is 0 Å². The number of hydrogen-bond acceptors (Lipinski definition) is 2. The van der Waals surface area contributed by atoms with Gasteiger partial charge in [0.15, 0.2) is 0 Å². The van der Waals surface area contributed by atoms with Crippen LogP contribution in [0.25, 0.3) is 0 Å². The van der Waals surface area contributed by atoms with Gasteiger partial charge in [-0.1, -0.05) is 17.7 Å². The molecule has 0 saturated heterocycles. The molecule has 2 nitrogen and oxygen atoms in total. The summed E-state index contributed by atoms with van der Waals surface area (Å²) in [7, 11) is 0. The van der Waals surface area contributed by atoms with Crippen LogP contribution in [0.15, 0.2) is 29.2 Å². The van der Waals surface area contributed by atoms with Crippen LogP contribution in [0.5, 0.6) is 0 Å². The maximum Gasteiger partial charge on any atom is 1.00 e. The van der Waals surface area contributed by atoms with Crippen LogP contribution in [0.2, 0.25) is 0 Å². The summed E-state index contributed by atoms with van der Waals surface area (Å²) in [5.74, 6) is 0. The Kier molecular flexibility index (Phi) is 5.21. The van der Waals surface area contributed by atoms with Crippen LogP contribution in [0.3, 0.4) is 0 Å². The molecule has 0 N–H and O–H groups in total. The van der Waals surface area contributed by atoms with Gasteiger partial charge in [-0.2, -0.15) is 0 Å². The van der Waals surface area contributed by atoms with Gasteiger partial charge in [0.1, 0.15) is 0 Å². The third-order valence-corrected chi connectivity index (χ3v) is 1.87. The molecule has 0 spiro atoms. The van der Waals surface area contributed by atoms with Gasteiger partial charge in [-0.25, -0.2) is 0 Å². The van der Waals surface area contributed by atoms with Crippen molar-refractivity contribution in [3.05, 3.63) is 29.8 Å². The van der Waals surface area contributed by atoms with Crippen molar-refractivity contribution in [2.75, 3.05) is 0 Å². The van der Waals surface area contributed by atoms with E-state index in [2.05, 4.69) is 0 Å². The summed E-state index contributed by atoms with van der Waals surface area (Å²) in [6.45, 7) is 1.91. The normalized spacial score (nSPS) is 11.8. The van der Waals surface area contributed by atoms with Crippen molar-refractivity contribution in [1.82, 2.24) is 0 Å². The summed E-state index contributed by atoms with van der Waals surface area (Å²) in [6, 6.07) is 6.70. The van der Waals surface area contributed by atoms with Gasteiger partial charge < -0.3 is 5.98 Å². The number of hydrogen-bond donors (Lipinski definition) is 0. The first-order valence-electron chi connectivity index (χ1n) is 2.86. The minimum Gasteiger partial charge on any atom is -1.00 e. The Morgan fingerprint density at radius 3 is 2.18 bits per heavy atom. The smallest absolute Gasteiger partial charge is 1.00 e. The van der Waals surface area contributed by atoms with Gasteiger partial charge >= 0.3 is 29.6 Å². The first-order valence-corrected chi connectivity index (χ1v) is 3.93. The van der Waals surface area contributed by atoms with Gasteiger partial charge in [0.2, 0.25) is 0 Å². The third kappa shape index (κ3) is 3.49. The third-order valence-electron chi connectivity index (χ3n) is 1.21. The molecule has 1 aromatic rings. The maximum absolute atomic E-state index is 10.3. The summed E-state index contributed by atoms with van der Waals surface area (Å²) in [5, 5.41) is 0. The van der Waals surface area contributed by atoms with Gasteiger partial charge in [-0.05, 0) is 30.1 Å². The Balaban J connectivity index is 0. The summed E-state index contributed by atoms with van der Waals surface area (Å²) < 4.78 is 20.6. The average molecular weight is 179 g/mol. The van der Waals surface area contributed by atoms with Crippen molar-refractivity contribution in [3.8, 4) is 0 Å². The Hall–Kier alpha value is 0.330. The van der Waals surface area contributed by atoms with E-state index in [9.17, 15) is 8.76 Å². The molecule has 0 radical (unpaired) electrons. The molecule has 4 heteroatoms. The van der Waals surface area contributed by atoms with Gasteiger partial charge in [0, 0.05) is 4.90 Å². The van der Waals surface area contributed by atoms with E-state index in [0.29, 0.717) is 4.90 Å². The Morgan fingerprint density at radius 2 is 1.82 bits per heavy atom. The predicted molar refractivity (Wildman–Crippen MR) is 39.5 cm³/mol. The summed E-state index contributed by atoms with van der Waals surface area (Å²) >= 11 is -2.09. The molecule has 0 aliphatic rings. The van der Waals surface area contributed by atoms with Crippen molar-refractivity contribution >= 4 is 11.1 Å². The maximum atomic E-state index is 10.3. The molecule has 0 aliphatic carbocycles. The first-order chi connectivity index (χ1) is 4.70. The van der Waals surface area contributed by atoms with E-state index < -0.39 is 11.1 Å². The molecular formula is C7H8NaO2S-. The van der Waals surface area contributed by atoms with E-state index in [4.69, 9.17) is 0 Å². The summed E-state index contributed by atoms with van der Waals surface area (Å²) in [4.78, 5) is 0.339. The number of aryl methyl sites for hydroxylation is 1. The molecule has 0 heterocycles. The zero-order valence-corrected chi connectivity index (χ0v) is 9.35. The molecule has 0 amide bonds. The molecule has 0 fully saturated rings. The quantitative estimate of drug-likeness (QED) is 0.383. The topological polar surface area (TPSA) is 40.1 Å². The fraction of sp³-hybridized carbons (Fsp3) is 0.143. The second-order valence-corrected chi connectivity index (χ2v) is 2.99. The molecule has 11 heavy (non-hydrogen) atoms. The number of benzene rings is 1. The zero-order valence-electron chi connectivity index (χ0n) is 7.53. The molecule has 0 aromatic heterocycles. The monoisotopic (exact) mass is 179 g/mol. The molecule has 0 saturated carbocycles. The predicted octanol–water partition coefficient (Wildman–Crippen LogP) is -1.65. The average Bonchev–Trinajstić information content (AvgIpc) is 1.88. The Morgan fingerprint density at radius 1 is 1.36 bits per heavy atom. The fourth-order valence-corrected chi connectivity index (χ4v) is 1.01. The van der Waals surface area contributed by atoms with Crippen LogP contribution in [-0.2, 0) is 11.1 Å². The second kappa shape index (κ2) is 5.06. The van der Waals surface area contributed by atoms with Crippen LogP contribution in [0, 0.1) is 6.92 Å². The largest absolute Gasteiger partial charge is 1.00 e. The van der Waals surface area contributed by atoms with E-state index >= 15 is 0 Å². The minimum atomic E-state index is -2.09. The molecule has 56 valence electrons. The van der Waals surface area contributed by atoms with E-state index in [1.54, 1.807) is 24.3 Å². The van der Waals surface area contributed by atoms with Crippen molar-refractivity contribution < 1.29 is 39.7 Å². The van der Waals surface area contributed by atoms with Gasteiger partial charge in [-0.3, -0.25) is 4.21 Å².